The highest BCUT2D eigenvalue weighted by Crippen LogP contribution is 2.41. The lowest BCUT2D eigenvalue weighted by atomic mass is 9.71. The van der Waals surface area contributed by atoms with Crippen LogP contribution in [0.3, 0.4) is 0 Å². The Hall–Kier alpha value is -0.550. The third kappa shape index (κ3) is 8.15. The Morgan fingerprint density at radius 2 is 1.44 bits per heavy atom. The third-order valence-electron chi connectivity index (χ3n) is 7.39. The van der Waals surface area contributed by atoms with Crippen LogP contribution in [0.5, 0.6) is 0 Å². The minimum Gasteiger partial charge on any atom is -0.378 e. The van der Waals surface area contributed by atoms with Gasteiger partial charge in [-0.3, -0.25) is 0 Å². The zero-order valence-electron chi connectivity index (χ0n) is 18.3. The van der Waals surface area contributed by atoms with E-state index in [9.17, 15) is 5.26 Å². The lowest BCUT2D eigenvalue weighted by Crippen LogP contribution is -2.31. The zero-order valence-corrected chi connectivity index (χ0v) is 18.3. The van der Waals surface area contributed by atoms with Crippen molar-refractivity contribution in [2.75, 3.05) is 6.61 Å². The van der Waals surface area contributed by atoms with Crippen molar-refractivity contribution in [3.8, 4) is 6.07 Å². The quantitative estimate of drug-likeness (QED) is 0.326. The largest absolute Gasteiger partial charge is 0.378 e. The second-order valence-corrected chi connectivity index (χ2v) is 9.62. The highest BCUT2D eigenvalue weighted by Gasteiger charge is 2.35. The molecule has 2 nitrogen and oxygen atoms in total. The third-order valence-corrected chi connectivity index (χ3v) is 7.39. The minimum atomic E-state index is -0.0366. The molecule has 2 aliphatic rings. The van der Waals surface area contributed by atoms with Gasteiger partial charge in [0, 0.05) is 6.61 Å². The van der Waals surface area contributed by atoms with Gasteiger partial charge < -0.3 is 4.74 Å². The van der Waals surface area contributed by atoms with E-state index in [1.165, 1.54) is 77.0 Å². The molecule has 0 aromatic heterocycles. The van der Waals surface area contributed by atoms with E-state index in [1.807, 2.05) is 0 Å². The van der Waals surface area contributed by atoms with Gasteiger partial charge in [-0.05, 0) is 56.8 Å². The van der Waals surface area contributed by atoms with Crippen LogP contribution in [0, 0.1) is 28.6 Å². The van der Waals surface area contributed by atoms with Crippen LogP contribution < -0.4 is 0 Å². The average Bonchev–Trinajstić information content (AvgIpc) is 2.72. The molecule has 156 valence electrons. The van der Waals surface area contributed by atoms with Crippen LogP contribution in [0.15, 0.2) is 0 Å². The number of hydrogen-bond acceptors (Lipinski definition) is 2. The molecule has 2 fully saturated rings. The number of rotatable bonds is 12. The van der Waals surface area contributed by atoms with Crippen LogP contribution >= 0.6 is 0 Å². The Morgan fingerprint density at radius 3 is 2.07 bits per heavy atom. The molecule has 0 saturated heterocycles. The summed E-state index contributed by atoms with van der Waals surface area (Å²) in [6, 6.07) is 2.66. The van der Waals surface area contributed by atoms with Gasteiger partial charge in [0.25, 0.3) is 0 Å². The normalized spacial score (nSPS) is 31.5. The van der Waals surface area contributed by atoms with E-state index in [0.29, 0.717) is 6.10 Å². The van der Waals surface area contributed by atoms with Crippen LogP contribution in [0.4, 0.5) is 0 Å². The second-order valence-electron chi connectivity index (χ2n) is 9.62. The molecular formula is C25H45NO. The molecule has 2 aliphatic carbocycles. The number of nitriles is 1. The summed E-state index contributed by atoms with van der Waals surface area (Å²) in [5.41, 5.74) is -0.0366. The lowest BCUT2D eigenvalue weighted by molar-refractivity contribution is -0.0184. The van der Waals surface area contributed by atoms with Crippen molar-refractivity contribution in [3.05, 3.63) is 0 Å². The van der Waals surface area contributed by atoms with E-state index in [2.05, 4.69) is 19.9 Å². The van der Waals surface area contributed by atoms with Gasteiger partial charge in [0.15, 0.2) is 0 Å². The molecule has 0 heterocycles. The molecule has 0 bridgehead atoms. The van der Waals surface area contributed by atoms with Gasteiger partial charge in [-0.1, -0.05) is 78.1 Å². The molecule has 0 aliphatic heterocycles. The minimum absolute atomic E-state index is 0.0366. The predicted octanol–water partition coefficient (Wildman–Crippen LogP) is 7.81. The summed E-state index contributed by atoms with van der Waals surface area (Å²) >= 11 is 0. The first-order valence-electron chi connectivity index (χ1n) is 12.2. The first kappa shape index (κ1) is 22.7. The Morgan fingerprint density at radius 1 is 0.815 bits per heavy atom. The Balaban J connectivity index is 1.55. The highest BCUT2D eigenvalue weighted by molar-refractivity contribution is 5.01. The summed E-state index contributed by atoms with van der Waals surface area (Å²) in [4.78, 5) is 0. The second kappa shape index (κ2) is 12.8. The molecule has 2 rings (SSSR count). The van der Waals surface area contributed by atoms with Crippen molar-refractivity contribution in [3.63, 3.8) is 0 Å². The summed E-state index contributed by atoms with van der Waals surface area (Å²) in [5.74, 6) is 1.79. The monoisotopic (exact) mass is 375 g/mol. The molecular weight excluding hydrogens is 330 g/mol. The SMILES string of the molecule is CCCCCCC[C@H]1CC[C@H](CO[C@H]2CC[C@@](C#N)(CCCC)CC2)CC1. The van der Waals surface area contributed by atoms with E-state index in [4.69, 9.17) is 4.74 Å². The Bertz CT molecular complexity index is 411. The molecule has 0 spiro atoms. The first-order valence-corrected chi connectivity index (χ1v) is 12.2. The van der Waals surface area contributed by atoms with Crippen molar-refractivity contribution in [2.24, 2.45) is 17.3 Å². The lowest BCUT2D eigenvalue weighted by Gasteiger charge is -2.36. The van der Waals surface area contributed by atoms with Crippen molar-refractivity contribution in [1.82, 2.24) is 0 Å². The molecule has 0 unspecified atom stereocenters. The van der Waals surface area contributed by atoms with Crippen molar-refractivity contribution >= 4 is 0 Å². The Kier molecular flexibility index (Phi) is 10.8. The predicted molar refractivity (Wildman–Crippen MR) is 115 cm³/mol. The maximum Gasteiger partial charge on any atom is 0.0689 e. The van der Waals surface area contributed by atoms with Gasteiger partial charge in [0.2, 0.25) is 0 Å². The fraction of sp³-hybridized carbons (Fsp3) is 0.960. The highest BCUT2D eigenvalue weighted by atomic mass is 16.5. The summed E-state index contributed by atoms with van der Waals surface area (Å²) in [5, 5.41) is 9.63. The topological polar surface area (TPSA) is 33.0 Å². The number of ether oxygens (including phenoxy) is 1. The van der Waals surface area contributed by atoms with Gasteiger partial charge in [0.05, 0.1) is 17.6 Å². The molecule has 2 saturated carbocycles. The van der Waals surface area contributed by atoms with Crippen molar-refractivity contribution in [2.45, 2.75) is 129 Å². The van der Waals surface area contributed by atoms with Gasteiger partial charge >= 0.3 is 0 Å². The van der Waals surface area contributed by atoms with E-state index in [0.717, 1.165) is 50.5 Å². The van der Waals surface area contributed by atoms with E-state index in [-0.39, 0.29) is 5.41 Å². The van der Waals surface area contributed by atoms with E-state index >= 15 is 0 Å². The fourth-order valence-electron chi connectivity index (χ4n) is 5.24. The molecule has 27 heavy (non-hydrogen) atoms. The molecule has 0 aromatic carbocycles. The maximum atomic E-state index is 9.63. The molecule has 0 atom stereocenters. The summed E-state index contributed by atoms with van der Waals surface area (Å²) < 4.78 is 6.32. The fourth-order valence-corrected chi connectivity index (χ4v) is 5.24. The summed E-state index contributed by atoms with van der Waals surface area (Å²) in [6.07, 6.45) is 22.4. The summed E-state index contributed by atoms with van der Waals surface area (Å²) in [7, 11) is 0. The molecule has 2 heteroatoms. The molecule has 0 N–H and O–H groups in total. The van der Waals surface area contributed by atoms with Crippen LogP contribution in [-0.2, 0) is 4.74 Å². The standard InChI is InChI=1S/C25H45NO/c1-3-5-7-8-9-10-22-11-13-23(14-12-22)20-27-24-15-18-25(21-26,19-16-24)17-6-4-2/h22-24H,3-20H2,1-2H3/t22-,23-,24-,25-. The van der Waals surface area contributed by atoms with Crippen LogP contribution in [0.1, 0.15) is 123 Å². The number of nitrogens with zero attached hydrogens (tertiary/aromatic N) is 1. The molecule has 0 amide bonds. The van der Waals surface area contributed by atoms with Gasteiger partial charge in [-0.25, -0.2) is 0 Å². The van der Waals surface area contributed by atoms with Gasteiger partial charge in [-0.15, -0.1) is 0 Å². The van der Waals surface area contributed by atoms with Crippen LogP contribution in [0.25, 0.3) is 0 Å². The number of unbranched alkanes of at least 4 members (excludes halogenated alkanes) is 5. The van der Waals surface area contributed by atoms with Gasteiger partial charge in [0.1, 0.15) is 0 Å². The molecule has 0 aromatic rings. The average molecular weight is 376 g/mol. The van der Waals surface area contributed by atoms with Crippen molar-refractivity contribution in [1.29, 1.82) is 5.26 Å². The summed E-state index contributed by atoms with van der Waals surface area (Å²) in [6.45, 7) is 5.49. The van der Waals surface area contributed by atoms with Crippen LogP contribution in [-0.4, -0.2) is 12.7 Å². The van der Waals surface area contributed by atoms with Crippen molar-refractivity contribution < 1.29 is 4.74 Å². The van der Waals surface area contributed by atoms with E-state index in [1.54, 1.807) is 0 Å². The zero-order chi connectivity index (χ0) is 19.4. The molecule has 0 radical (unpaired) electrons. The van der Waals surface area contributed by atoms with Gasteiger partial charge in [-0.2, -0.15) is 5.26 Å². The van der Waals surface area contributed by atoms with Crippen LogP contribution in [0.2, 0.25) is 0 Å². The maximum absolute atomic E-state index is 9.63. The first-order chi connectivity index (χ1) is 13.2. The smallest absolute Gasteiger partial charge is 0.0689 e. The number of hydrogen-bond donors (Lipinski definition) is 0. The Labute approximate surface area is 169 Å². The van der Waals surface area contributed by atoms with E-state index < -0.39 is 0 Å².